The van der Waals surface area contributed by atoms with Crippen LogP contribution in [0.3, 0.4) is 0 Å². The highest BCUT2D eigenvalue weighted by atomic mass is 32.2. The van der Waals surface area contributed by atoms with Gasteiger partial charge < -0.3 is 4.74 Å². The van der Waals surface area contributed by atoms with Crippen LogP contribution < -0.4 is 4.74 Å². The highest BCUT2D eigenvalue weighted by molar-refractivity contribution is 7.99. The first-order chi connectivity index (χ1) is 10.6. The minimum atomic E-state index is -4.34. The molecule has 0 unspecified atom stereocenters. The van der Waals surface area contributed by atoms with Gasteiger partial charge in [0, 0.05) is 12.4 Å². The average Bonchev–Trinajstić information content (AvgIpc) is 2.51. The van der Waals surface area contributed by atoms with E-state index in [1.807, 2.05) is 0 Å². The molecule has 0 fully saturated rings. The predicted molar refractivity (Wildman–Crippen MR) is 78.9 cm³/mol. The number of aromatic nitrogens is 2. The van der Waals surface area contributed by atoms with Crippen LogP contribution in [0.2, 0.25) is 0 Å². The summed E-state index contributed by atoms with van der Waals surface area (Å²) >= 11 is 1.59. The topological polar surface area (TPSA) is 35.0 Å². The first-order valence-corrected chi connectivity index (χ1v) is 7.73. The van der Waals surface area contributed by atoms with Crippen molar-refractivity contribution in [1.82, 2.24) is 9.97 Å². The van der Waals surface area contributed by atoms with Gasteiger partial charge in [-0.25, -0.2) is 4.98 Å². The average molecular weight is 328 g/mol. The van der Waals surface area contributed by atoms with Gasteiger partial charge in [0.25, 0.3) is 0 Å². The number of rotatable bonds is 7. The molecule has 0 atom stereocenters. The fourth-order valence-corrected chi connectivity index (χ4v) is 2.52. The van der Waals surface area contributed by atoms with Gasteiger partial charge in [-0.3, -0.25) is 4.98 Å². The molecule has 0 N–H and O–H groups in total. The molecule has 22 heavy (non-hydrogen) atoms. The highest BCUT2D eigenvalue weighted by Crippen LogP contribution is 2.31. The number of alkyl halides is 3. The third-order valence-electron chi connectivity index (χ3n) is 2.76. The van der Waals surface area contributed by atoms with Crippen LogP contribution in [0.5, 0.6) is 5.75 Å². The Bertz CT molecular complexity index is 579. The summed E-state index contributed by atoms with van der Waals surface area (Å²) in [6.45, 7) is 0.391. The summed E-state index contributed by atoms with van der Waals surface area (Å²) in [5.74, 6) is 1.11. The van der Waals surface area contributed by atoms with Crippen LogP contribution in [-0.4, -0.2) is 22.3 Å². The summed E-state index contributed by atoms with van der Waals surface area (Å²) < 4.78 is 43.0. The van der Waals surface area contributed by atoms with Crippen LogP contribution in [-0.2, 0) is 6.18 Å². The van der Waals surface area contributed by atoms with Gasteiger partial charge in [0.2, 0.25) is 0 Å². The molecule has 1 heterocycles. The summed E-state index contributed by atoms with van der Waals surface area (Å²) in [5.41, 5.74) is -0.691. The largest absolute Gasteiger partial charge is 0.494 e. The minimum Gasteiger partial charge on any atom is -0.494 e. The van der Waals surface area contributed by atoms with E-state index in [2.05, 4.69) is 9.97 Å². The summed E-state index contributed by atoms with van der Waals surface area (Å²) in [6.07, 6.45) is 2.27. The number of hydrogen-bond acceptors (Lipinski definition) is 4. The zero-order chi connectivity index (χ0) is 15.8. The number of nitrogens with zero attached hydrogens (tertiary/aromatic N) is 2. The zero-order valence-corrected chi connectivity index (χ0v) is 12.5. The summed E-state index contributed by atoms with van der Waals surface area (Å²) in [7, 11) is 0. The van der Waals surface area contributed by atoms with Crippen LogP contribution in [0.4, 0.5) is 13.2 Å². The number of benzene rings is 1. The fourth-order valence-electron chi connectivity index (χ4n) is 1.69. The lowest BCUT2D eigenvalue weighted by Crippen LogP contribution is -2.05. The van der Waals surface area contributed by atoms with Crippen molar-refractivity contribution in [2.75, 3.05) is 12.4 Å². The number of unbranched alkanes of at least 4 members (excludes halogenated alkanes) is 1. The molecular formula is C15H15F3N2OS. The molecule has 118 valence electrons. The zero-order valence-electron chi connectivity index (χ0n) is 11.7. The molecule has 0 radical (unpaired) electrons. The molecule has 0 aliphatic carbocycles. The Balaban J connectivity index is 1.67. The number of ether oxygens (including phenoxy) is 1. The van der Waals surface area contributed by atoms with Crippen molar-refractivity contribution in [3.8, 4) is 5.75 Å². The van der Waals surface area contributed by atoms with Crippen LogP contribution in [0, 0.1) is 0 Å². The van der Waals surface area contributed by atoms with Gasteiger partial charge in [-0.2, -0.15) is 13.2 Å². The highest BCUT2D eigenvalue weighted by Gasteiger charge is 2.30. The quantitative estimate of drug-likeness (QED) is 0.556. The molecule has 0 spiro atoms. The van der Waals surface area contributed by atoms with E-state index >= 15 is 0 Å². The van der Waals surface area contributed by atoms with Crippen molar-refractivity contribution < 1.29 is 17.9 Å². The molecule has 0 bridgehead atoms. The van der Waals surface area contributed by atoms with Gasteiger partial charge >= 0.3 is 6.18 Å². The lowest BCUT2D eigenvalue weighted by atomic mass is 10.2. The van der Waals surface area contributed by atoms with Crippen molar-refractivity contribution in [1.29, 1.82) is 0 Å². The first kappa shape index (κ1) is 16.6. The van der Waals surface area contributed by atoms with E-state index in [1.165, 1.54) is 12.1 Å². The fraction of sp³-hybridized carbons (Fsp3) is 0.333. The monoisotopic (exact) mass is 328 g/mol. The molecule has 7 heteroatoms. The standard InChI is InChI=1S/C15H15F3N2OS/c16-15(17,18)12-4-3-5-13(10-12)21-8-1-2-9-22-14-11-19-6-7-20-14/h3-7,10-11H,1-2,8-9H2. The number of hydrogen-bond donors (Lipinski definition) is 0. The number of halogens is 3. The van der Waals surface area contributed by atoms with Crippen molar-refractivity contribution in [3.63, 3.8) is 0 Å². The Morgan fingerprint density at radius 1 is 1.14 bits per heavy atom. The van der Waals surface area contributed by atoms with Crippen LogP contribution in [0.25, 0.3) is 0 Å². The lowest BCUT2D eigenvalue weighted by Gasteiger charge is -2.10. The lowest BCUT2D eigenvalue weighted by molar-refractivity contribution is -0.137. The second-order valence-electron chi connectivity index (χ2n) is 4.47. The van der Waals surface area contributed by atoms with E-state index in [-0.39, 0.29) is 5.75 Å². The molecule has 1 aromatic heterocycles. The van der Waals surface area contributed by atoms with Crippen molar-refractivity contribution in [2.24, 2.45) is 0 Å². The predicted octanol–water partition coefficient (Wildman–Crippen LogP) is 4.45. The second kappa shape index (κ2) is 8.03. The Morgan fingerprint density at radius 3 is 2.73 bits per heavy atom. The Labute approximate surface area is 130 Å². The van der Waals surface area contributed by atoms with Crippen LogP contribution in [0.1, 0.15) is 18.4 Å². The smallest absolute Gasteiger partial charge is 0.416 e. The molecule has 2 aromatic rings. The Hall–Kier alpha value is -1.76. The molecule has 2 rings (SSSR count). The van der Waals surface area contributed by atoms with Crippen molar-refractivity contribution in [2.45, 2.75) is 24.0 Å². The van der Waals surface area contributed by atoms with E-state index < -0.39 is 11.7 Å². The maximum atomic E-state index is 12.5. The molecule has 1 aromatic carbocycles. The van der Waals surface area contributed by atoms with Gasteiger partial charge in [0.15, 0.2) is 0 Å². The molecule has 3 nitrogen and oxygen atoms in total. The van der Waals surface area contributed by atoms with Crippen molar-refractivity contribution in [3.05, 3.63) is 48.4 Å². The number of thioether (sulfide) groups is 1. The SMILES string of the molecule is FC(F)(F)c1cccc(OCCCCSc2cnccn2)c1. The van der Waals surface area contributed by atoms with Crippen LogP contribution in [0.15, 0.2) is 47.9 Å². The van der Waals surface area contributed by atoms with Gasteiger partial charge in [-0.1, -0.05) is 6.07 Å². The normalized spacial score (nSPS) is 11.4. The maximum Gasteiger partial charge on any atom is 0.416 e. The molecule has 0 saturated heterocycles. The Kier molecular flexibility index (Phi) is 6.06. The molecule has 0 saturated carbocycles. The summed E-state index contributed by atoms with van der Waals surface area (Å²) in [5, 5.41) is 0.862. The van der Waals surface area contributed by atoms with Gasteiger partial charge in [-0.15, -0.1) is 11.8 Å². The maximum absolute atomic E-state index is 12.5. The van der Waals surface area contributed by atoms with E-state index in [4.69, 9.17) is 4.74 Å². The van der Waals surface area contributed by atoms with Gasteiger partial charge in [0.1, 0.15) is 10.8 Å². The summed E-state index contributed by atoms with van der Waals surface area (Å²) in [4.78, 5) is 8.11. The molecule has 0 amide bonds. The minimum absolute atomic E-state index is 0.247. The van der Waals surface area contributed by atoms with Gasteiger partial charge in [-0.05, 0) is 36.8 Å². The van der Waals surface area contributed by atoms with E-state index in [0.717, 1.165) is 35.8 Å². The first-order valence-electron chi connectivity index (χ1n) is 6.74. The van der Waals surface area contributed by atoms with Crippen molar-refractivity contribution >= 4 is 11.8 Å². The van der Waals surface area contributed by atoms with E-state index in [0.29, 0.717) is 6.61 Å². The Morgan fingerprint density at radius 2 is 2.00 bits per heavy atom. The van der Waals surface area contributed by atoms with E-state index in [1.54, 1.807) is 30.4 Å². The van der Waals surface area contributed by atoms with Gasteiger partial charge in [0.05, 0.1) is 18.4 Å². The third-order valence-corrected chi connectivity index (χ3v) is 3.76. The van der Waals surface area contributed by atoms with E-state index in [9.17, 15) is 13.2 Å². The molecule has 0 aliphatic rings. The second-order valence-corrected chi connectivity index (χ2v) is 5.59. The molecular weight excluding hydrogens is 313 g/mol. The van der Waals surface area contributed by atoms with Crippen LogP contribution >= 0.6 is 11.8 Å². The summed E-state index contributed by atoms with van der Waals surface area (Å²) in [6, 6.07) is 4.93. The third kappa shape index (κ3) is 5.55. The molecule has 0 aliphatic heterocycles.